The van der Waals surface area contributed by atoms with E-state index < -0.39 is 16.9 Å². The molecule has 3 heterocycles. The second-order valence-electron chi connectivity index (χ2n) is 6.82. The summed E-state index contributed by atoms with van der Waals surface area (Å²) in [4.78, 5) is 22.3. The minimum Gasteiger partial charge on any atom is -0.852 e. The first-order valence-electron chi connectivity index (χ1n) is 9.19. The number of aromatic nitrogens is 4. The van der Waals surface area contributed by atoms with Crippen LogP contribution in [0.25, 0.3) is 16.7 Å². The number of benzene rings is 1. The van der Waals surface area contributed by atoms with Gasteiger partial charge in [-0.05, 0) is 37.3 Å². The molecule has 0 bridgehead atoms. The Morgan fingerprint density at radius 3 is 2.53 bits per heavy atom. The topological polar surface area (TPSA) is 107 Å². The molecule has 0 amide bonds. The van der Waals surface area contributed by atoms with Crippen LogP contribution in [0.5, 0.6) is 0 Å². The number of imidazole rings is 1. The maximum Gasteiger partial charge on any atom is 1.00 e. The molecular weight excluding hydrogens is 411 g/mol. The molecule has 0 fully saturated rings. The summed E-state index contributed by atoms with van der Waals surface area (Å²) in [5.74, 6) is 0.214. The van der Waals surface area contributed by atoms with Crippen molar-refractivity contribution in [3.63, 3.8) is 0 Å². The third kappa shape index (κ3) is 6.02. The molecule has 0 aliphatic carbocycles. The molecule has 0 saturated heterocycles. The van der Waals surface area contributed by atoms with Crippen molar-refractivity contribution < 1.29 is 38.9 Å². The van der Waals surface area contributed by atoms with Gasteiger partial charge in [0.1, 0.15) is 0 Å². The minimum atomic E-state index is -1.37. The van der Waals surface area contributed by atoms with E-state index in [9.17, 15) is 14.1 Å². The van der Waals surface area contributed by atoms with Crippen molar-refractivity contribution in [1.29, 1.82) is 0 Å². The third-order valence-corrected chi connectivity index (χ3v) is 5.33. The zero-order valence-corrected chi connectivity index (χ0v) is 20.3. The molecule has 0 aliphatic heterocycles. The third-order valence-electron chi connectivity index (χ3n) is 4.15. The van der Waals surface area contributed by atoms with Crippen molar-refractivity contribution in [3.8, 4) is 5.69 Å². The van der Waals surface area contributed by atoms with Crippen molar-refractivity contribution >= 4 is 21.8 Å². The van der Waals surface area contributed by atoms with E-state index in [0.29, 0.717) is 16.4 Å². The maximum absolute atomic E-state index is 12.7. The van der Waals surface area contributed by atoms with Gasteiger partial charge in [-0.2, -0.15) is 0 Å². The first-order valence-corrected chi connectivity index (χ1v) is 10.5. The van der Waals surface area contributed by atoms with Crippen LogP contribution in [0.4, 0.5) is 0 Å². The van der Waals surface area contributed by atoms with Crippen LogP contribution in [0, 0.1) is 6.92 Å². The Kier molecular flexibility index (Phi) is 8.81. The zero-order valence-electron chi connectivity index (χ0n) is 17.5. The van der Waals surface area contributed by atoms with Crippen LogP contribution >= 0.6 is 0 Å². The molecule has 4 aromatic rings. The predicted octanol–water partition coefficient (Wildman–Crippen LogP) is -0.583. The molecule has 0 saturated carbocycles. The number of nitrogens with zero attached hydrogens (tertiary/aromatic N) is 2. The summed E-state index contributed by atoms with van der Waals surface area (Å²) >= 11 is 0. The van der Waals surface area contributed by atoms with Gasteiger partial charge < -0.3 is 19.6 Å². The molecular formula is C21H23N4NaO3S. The number of rotatable bonds is 4. The summed E-state index contributed by atoms with van der Waals surface area (Å²) in [6, 6.07) is 11.2. The predicted molar refractivity (Wildman–Crippen MR) is 112 cm³/mol. The molecule has 30 heavy (non-hydrogen) atoms. The van der Waals surface area contributed by atoms with Gasteiger partial charge >= 0.3 is 29.6 Å². The summed E-state index contributed by atoms with van der Waals surface area (Å²) in [5, 5.41) is 9.93. The van der Waals surface area contributed by atoms with Crippen molar-refractivity contribution in [3.05, 3.63) is 76.5 Å². The van der Waals surface area contributed by atoms with Crippen LogP contribution in [0.1, 0.15) is 25.1 Å². The summed E-state index contributed by atoms with van der Waals surface area (Å²) in [6.45, 7) is 4.95. The molecule has 0 radical (unpaired) electrons. The van der Waals surface area contributed by atoms with Gasteiger partial charge in [-0.1, -0.05) is 13.8 Å². The molecule has 1 unspecified atom stereocenters. The molecule has 1 aromatic carbocycles. The van der Waals surface area contributed by atoms with E-state index in [2.05, 4.69) is 15.0 Å². The van der Waals surface area contributed by atoms with Gasteiger partial charge in [0.15, 0.2) is 10.6 Å². The van der Waals surface area contributed by atoms with Gasteiger partial charge in [0, 0.05) is 41.6 Å². The number of H-pyrrole nitrogens is 2. The quantitative estimate of drug-likeness (QED) is 0.419. The fourth-order valence-electron chi connectivity index (χ4n) is 2.70. The van der Waals surface area contributed by atoms with E-state index in [0.717, 1.165) is 16.7 Å². The van der Waals surface area contributed by atoms with Crippen LogP contribution in [0.15, 0.2) is 64.9 Å². The Morgan fingerprint density at radius 2 is 1.87 bits per heavy atom. The number of hydrogen-bond donors (Lipinski definition) is 2. The molecule has 4 rings (SSSR count). The molecule has 3 aromatic heterocycles. The molecule has 9 heteroatoms. The summed E-state index contributed by atoms with van der Waals surface area (Å²) < 4.78 is 14.6. The van der Waals surface area contributed by atoms with E-state index in [1.807, 2.05) is 47.3 Å². The van der Waals surface area contributed by atoms with E-state index in [-0.39, 0.29) is 40.7 Å². The van der Waals surface area contributed by atoms with Crippen LogP contribution in [-0.2, 0) is 16.6 Å². The number of fused-ring (bicyclic) bond motifs is 1. The van der Waals surface area contributed by atoms with Gasteiger partial charge in [0.05, 0.1) is 27.6 Å². The largest absolute Gasteiger partial charge is 1.00 e. The van der Waals surface area contributed by atoms with Crippen molar-refractivity contribution in [2.75, 3.05) is 0 Å². The maximum atomic E-state index is 12.7. The monoisotopic (exact) mass is 434 g/mol. The number of nitrogens with one attached hydrogen (secondary N) is 2. The van der Waals surface area contributed by atoms with Gasteiger partial charge in [-0.3, -0.25) is 9.00 Å². The SMILES string of the molecule is CC(C)[O-].Cc1c(CS(=O)c2nc3ccc(-n4cccc4)cc3[nH]2)[nH]ccc1=O.[Na+]. The standard InChI is InChI=1S/C18H16N4O2S.C3H7O.Na/c1-12-16(19-7-6-17(12)23)11-25(24)18-20-14-5-4-13(10-15(14)21-18)22-8-2-3-9-22;1-3(2)4;/h2-10H,11H2,1H3,(H,19,23)(H,20,21);3H,1-2H3;/q;-1;+1. The van der Waals surface area contributed by atoms with Crippen molar-refractivity contribution in [2.24, 2.45) is 0 Å². The molecule has 0 aliphatic rings. The summed E-state index contributed by atoms with van der Waals surface area (Å²) in [6.07, 6.45) is 5.08. The van der Waals surface area contributed by atoms with Gasteiger partial charge in [-0.15, -0.1) is 6.10 Å². The Bertz CT molecular complexity index is 1180. The Hall–Kier alpha value is -1.97. The Morgan fingerprint density at radius 1 is 1.20 bits per heavy atom. The van der Waals surface area contributed by atoms with E-state index in [1.165, 1.54) is 6.07 Å². The smallest absolute Gasteiger partial charge is 0.852 e. The first kappa shape index (κ1) is 24.3. The molecule has 7 nitrogen and oxygen atoms in total. The number of aromatic amines is 2. The average molecular weight is 434 g/mol. The fraction of sp³-hybridized carbons (Fsp3) is 0.238. The number of pyridine rings is 1. The van der Waals surface area contributed by atoms with Gasteiger partial charge in [0.2, 0.25) is 0 Å². The first-order chi connectivity index (χ1) is 13.8. The molecule has 0 spiro atoms. The van der Waals surface area contributed by atoms with Crippen molar-refractivity contribution in [1.82, 2.24) is 19.5 Å². The van der Waals surface area contributed by atoms with Crippen molar-refractivity contribution in [2.45, 2.75) is 37.8 Å². The molecule has 152 valence electrons. The minimum absolute atomic E-state index is 0. The van der Waals surface area contributed by atoms with Crippen LogP contribution in [0.2, 0.25) is 0 Å². The fourth-order valence-corrected chi connectivity index (χ4v) is 3.82. The van der Waals surface area contributed by atoms with E-state index in [4.69, 9.17) is 0 Å². The van der Waals surface area contributed by atoms with Gasteiger partial charge in [-0.25, -0.2) is 4.98 Å². The summed E-state index contributed by atoms with van der Waals surface area (Å²) in [5.41, 5.74) is 3.78. The van der Waals surface area contributed by atoms with Crippen LogP contribution < -0.4 is 40.1 Å². The van der Waals surface area contributed by atoms with E-state index in [1.54, 1.807) is 27.0 Å². The van der Waals surface area contributed by atoms with E-state index >= 15 is 0 Å². The zero-order chi connectivity index (χ0) is 21.0. The molecule has 1 atom stereocenters. The Labute approximate surface area is 199 Å². The Balaban J connectivity index is 0.000000591. The average Bonchev–Trinajstić information content (AvgIpc) is 3.33. The number of hydrogen-bond acceptors (Lipinski definition) is 4. The molecule has 2 N–H and O–H groups in total. The van der Waals surface area contributed by atoms with Gasteiger partial charge in [0.25, 0.3) is 0 Å². The normalized spacial score (nSPS) is 11.6. The summed E-state index contributed by atoms with van der Waals surface area (Å²) in [7, 11) is -1.37. The van der Waals surface area contributed by atoms with Crippen LogP contribution in [-0.4, -0.2) is 29.8 Å². The second kappa shape index (κ2) is 10.9. The van der Waals surface area contributed by atoms with Crippen LogP contribution in [0.3, 0.4) is 0 Å². The second-order valence-corrected chi connectivity index (χ2v) is 8.18.